The molecule has 0 aromatic heterocycles. The van der Waals surface area contributed by atoms with Crippen molar-refractivity contribution in [3.63, 3.8) is 0 Å². The molecule has 5 atom stereocenters. The van der Waals surface area contributed by atoms with Gasteiger partial charge in [0.2, 0.25) is 0 Å². The Morgan fingerprint density at radius 1 is 0.269 bits per heavy atom. The van der Waals surface area contributed by atoms with Gasteiger partial charge in [0.1, 0.15) is 19.3 Å². The van der Waals surface area contributed by atoms with Crippen molar-refractivity contribution in [2.45, 2.75) is 380 Å². The molecule has 0 radical (unpaired) electrons. The quantitative estimate of drug-likeness (QED) is 0.0169. The Morgan fingerprint density at radius 3 is 0.759 bits per heavy atom. The summed E-state index contributed by atoms with van der Waals surface area (Å²) in [6, 6.07) is 0. The van der Waals surface area contributed by atoms with Crippen molar-refractivity contribution >= 4 is 39.5 Å². The number of carbonyl (C=O) groups is 4. The Hall–Kier alpha value is -4.54. The first kappa shape index (κ1) is 103. The molecule has 0 amide bonds. The van der Waals surface area contributed by atoms with Crippen LogP contribution in [-0.4, -0.2) is 96.7 Å². The van der Waals surface area contributed by atoms with Gasteiger partial charge in [-0.05, 0) is 141 Å². The van der Waals surface area contributed by atoms with Gasteiger partial charge in [0.15, 0.2) is 12.2 Å². The molecular weight excluding hydrogens is 1400 g/mol. The highest BCUT2D eigenvalue weighted by Crippen LogP contribution is 2.45. The van der Waals surface area contributed by atoms with E-state index in [2.05, 4.69) is 149 Å². The number of aliphatic hydroxyl groups is 1. The van der Waals surface area contributed by atoms with Crippen molar-refractivity contribution in [2.24, 2.45) is 0 Å². The van der Waals surface area contributed by atoms with Crippen LogP contribution in [0.15, 0.2) is 122 Å². The van der Waals surface area contributed by atoms with Crippen LogP contribution in [0.25, 0.3) is 0 Å². The predicted octanol–water partition coefficient (Wildman–Crippen LogP) is 25.5. The maximum absolute atomic E-state index is 13.1. The third-order valence-corrected chi connectivity index (χ3v) is 19.8. The zero-order chi connectivity index (χ0) is 78.9. The van der Waals surface area contributed by atoms with E-state index in [0.29, 0.717) is 25.7 Å². The number of rotatable bonds is 80. The minimum atomic E-state index is -4.99. The SMILES string of the molecule is CC/C=C\C/C=C\C/C=C\C/C=C\CCCCCCCCC(=O)OCC(COP(=O)(O)OCC(O)COP(=O)(O)OCC(COC(=O)CCCCCCCC/C=C\C/C=C\C/C=C\CCCCC)OC(=O)CCCCCCCCCCCCC)OC(=O)CCCCCCCC/C=C\C/C=C\C/C=C\CCCCC. The first-order valence-corrected chi connectivity index (χ1v) is 45.8. The number of phosphoric acid groups is 2. The van der Waals surface area contributed by atoms with E-state index in [4.69, 9.17) is 37.0 Å². The molecule has 0 aliphatic heterocycles. The van der Waals surface area contributed by atoms with Crippen LogP contribution in [0.3, 0.4) is 0 Å². The van der Waals surface area contributed by atoms with Crippen LogP contribution in [0.1, 0.15) is 362 Å². The number of unbranched alkanes of at least 4 members (excludes halogenated alkanes) is 34. The monoisotopic (exact) mass is 1560 g/mol. The number of hydrogen-bond donors (Lipinski definition) is 3. The normalized spacial score (nSPS) is 14.4. The summed E-state index contributed by atoms with van der Waals surface area (Å²) in [5, 5.41) is 10.7. The van der Waals surface area contributed by atoms with E-state index >= 15 is 0 Å². The standard InChI is InChI=1S/C89H154O17P2/c1-5-9-13-17-21-25-29-32-35-38-41-44-47-50-54-57-61-65-69-73-86(91)99-79-84(105-88(93)75-71-67-63-59-53-28-24-20-16-12-8-4)81-103-107(95,96)101-77-83(90)78-102-108(97,98)104-82-85(106-89(94)76-72-68-64-60-56-52-49-46-43-40-37-34-31-27-23-19-15-11-7-3)80-100-87(92)74-70-66-62-58-55-51-48-45-42-39-36-33-30-26-22-18-14-10-6-2/h10,14,21-23,25-27,32-37,41-46,83-85,90H,5-9,11-13,15-20,24,28-31,38-40,47-82H2,1-4H3,(H,95,96)(H,97,98)/b14-10-,25-21-,26-22-,27-23-,35-32-,36-33-,37-34-,44-41-,45-42-,46-43-. The van der Waals surface area contributed by atoms with E-state index in [1.54, 1.807) is 0 Å². The van der Waals surface area contributed by atoms with E-state index < -0.39 is 97.5 Å². The zero-order valence-electron chi connectivity index (χ0n) is 68.2. The van der Waals surface area contributed by atoms with E-state index in [-0.39, 0.29) is 25.7 Å². The van der Waals surface area contributed by atoms with E-state index in [1.807, 2.05) is 0 Å². The number of phosphoric ester groups is 2. The molecule has 3 N–H and O–H groups in total. The molecule has 0 saturated heterocycles. The van der Waals surface area contributed by atoms with Crippen LogP contribution in [0.4, 0.5) is 0 Å². The molecular formula is C89H154O17P2. The maximum atomic E-state index is 13.1. The van der Waals surface area contributed by atoms with E-state index in [0.717, 1.165) is 205 Å². The first-order valence-electron chi connectivity index (χ1n) is 42.8. The highest BCUT2D eigenvalue weighted by Gasteiger charge is 2.30. The molecule has 0 aromatic rings. The highest BCUT2D eigenvalue weighted by atomic mass is 31.2. The Labute approximate surface area is 657 Å². The third kappa shape index (κ3) is 79.5. The first-order chi connectivity index (χ1) is 52.7. The average molecular weight is 1560 g/mol. The second-order valence-corrected chi connectivity index (χ2v) is 31.3. The van der Waals surface area contributed by atoms with Crippen molar-refractivity contribution in [2.75, 3.05) is 39.6 Å². The maximum Gasteiger partial charge on any atom is 0.472 e. The van der Waals surface area contributed by atoms with Crippen LogP contribution >= 0.6 is 15.6 Å². The molecule has 5 unspecified atom stereocenters. The van der Waals surface area contributed by atoms with Crippen LogP contribution in [0, 0.1) is 0 Å². The Morgan fingerprint density at radius 2 is 0.481 bits per heavy atom. The molecule has 0 aliphatic carbocycles. The minimum Gasteiger partial charge on any atom is -0.462 e. The second-order valence-electron chi connectivity index (χ2n) is 28.4. The van der Waals surface area contributed by atoms with Crippen molar-refractivity contribution in [1.29, 1.82) is 0 Å². The summed E-state index contributed by atoms with van der Waals surface area (Å²) >= 11 is 0. The lowest BCUT2D eigenvalue weighted by molar-refractivity contribution is -0.161. The van der Waals surface area contributed by atoms with Crippen LogP contribution < -0.4 is 0 Å². The van der Waals surface area contributed by atoms with Gasteiger partial charge in [0, 0.05) is 25.7 Å². The molecule has 0 rings (SSSR count). The summed E-state index contributed by atoms with van der Waals surface area (Å²) < 4.78 is 68.8. The lowest BCUT2D eigenvalue weighted by Gasteiger charge is -2.21. The molecule has 0 aromatic carbocycles. The minimum absolute atomic E-state index is 0.0754. The topological polar surface area (TPSA) is 237 Å². The van der Waals surface area contributed by atoms with Gasteiger partial charge in [0.05, 0.1) is 26.4 Å². The van der Waals surface area contributed by atoms with Gasteiger partial charge in [0.25, 0.3) is 0 Å². The Balaban J connectivity index is 5.36. The summed E-state index contributed by atoms with van der Waals surface area (Å²) in [5.74, 6) is -2.20. The second kappa shape index (κ2) is 80.5. The van der Waals surface area contributed by atoms with Crippen molar-refractivity contribution in [3.8, 4) is 0 Å². The van der Waals surface area contributed by atoms with Gasteiger partial charge in [-0.2, -0.15) is 0 Å². The fourth-order valence-corrected chi connectivity index (χ4v) is 13.0. The largest absolute Gasteiger partial charge is 0.472 e. The smallest absolute Gasteiger partial charge is 0.462 e. The molecule has 0 spiro atoms. The summed E-state index contributed by atoms with van der Waals surface area (Å²) in [4.78, 5) is 73.2. The summed E-state index contributed by atoms with van der Waals surface area (Å²) in [6.45, 7) is 4.71. The summed E-state index contributed by atoms with van der Waals surface area (Å²) in [5.41, 5.74) is 0. The summed E-state index contributed by atoms with van der Waals surface area (Å²) in [6.07, 6.45) is 90.1. The molecule has 19 heteroatoms. The molecule has 0 bridgehead atoms. The zero-order valence-corrected chi connectivity index (χ0v) is 70.0. The van der Waals surface area contributed by atoms with Gasteiger partial charge < -0.3 is 33.8 Å². The molecule has 17 nitrogen and oxygen atoms in total. The van der Waals surface area contributed by atoms with Crippen molar-refractivity contribution in [1.82, 2.24) is 0 Å². The van der Waals surface area contributed by atoms with Crippen LogP contribution in [0.2, 0.25) is 0 Å². The molecule has 0 aliphatic rings. The number of esters is 4. The predicted molar refractivity (Wildman–Crippen MR) is 445 cm³/mol. The lowest BCUT2D eigenvalue weighted by Crippen LogP contribution is -2.30. The number of carbonyl (C=O) groups excluding carboxylic acids is 4. The molecule has 0 saturated carbocycles. The molecule has 108 heavy (non-hydrogen) atoms. The van der Waals surface area contributed by atoms with E-state index in [9.17, 15) is 43.2 Å². The number of ether oxygens (including phenoxy) is 4. The molecule has 622 valence electrons. The third-order valence-electron chi connectivity index (χ3n) is 17.9. The fourth-order valence-electron chi connectivity index (χ4n) is 11.4. The van der Waals surface area contributed by atoms with Gasteiger partial charge in [-0.25, -0.2) is 9.13 Å². The summed E-state index contributed by atoms with van der Waals surface area (Å²) in [7, 11) is -9.97. The van der Waals surface area contributed by atoms with Gasteiger partial charge in [-0.15, -0.1) is 0 Å². The average Bonchev–Trinajstić information content (AvgIpc) is 0.917. The van der Waals surface area contributed by atoms with Crippen molar-refractivity contribution in [3.05, 3.63) is 122 Å². The number of hydrogen-bond acceptors (Lipinski definition) is 15. The fraction of sp³-hybridized carbons (Fsp3) is 0.730. The molecule has 0 fully saturated rings. The highest BCUT2D eigenvalue weighted by molar-refractivity contribution is 7.47. The van der Waals surface area contributed by atoms with Crippen LogP contribution in [-0.2, 0) is 65.4 Å². The van der Waals surface area contributed by atoms with E-state index in [1.165, 1.54) is 77.0 Å². The van der Waals surface area contributed by atoms with Gasteiger partial charge >= 0.3 is 39.5 Å². The Bertz CT molecular complexity index is 2520. The molecule has 0 heterocycles. The lowest BCUT2D eigenvalue weighted by atomic mass is 10.1. The van der Waals surface area contributed by atoms with Crippen molar-refractivity contribution < 1.29 is 80.2 Å². The van der Waals surface area contributed by atoms with Crippen LogP contribution in [0.5, 0.6) is 0 Å². The number of allylic oxidation sites excluding steroid dienone is 20. The van der Waals surface area contributed by atoms with Gasteiger partial charge in [-0.3, -0.25) is 37.3 Å². The van der Waals surface area contributed by atoms with Gasteiger partial charge in [-0.1, -0.05) is 316 Å². The number of aliphatic hydroxyl groups excluding tert-OH is 1. The Kier molecular flexibility index (Phi) is 77.1.